The largest absolute Gasteiger partial charge is 0.497 e. The van der Waals surface area contributed by atoms with Crippen LogP contribution in [0.3, 0.4) is 0 Å². The maximum Gasteiger partial charge on any atom is 0.273 e. The van der Waals surface area contributed by atoms with Crippen LogP contribution >= 0.6 is 0 Å². The van der Waals surface area contributed by atoms with Crippen LogP contribution in [0.4, 0.5) is 23.1 Å². The average molecular weight is 500 g/mol. The Hall–Kier alpha value is -4.44. The highest BCUT2D eigenvalue weighted by Gasteiger charge is 2.16. The van der Waals surface area contributed by atoms with Gasteiger partial charge in [-0.25, -0.2) is 4.98 Å². The Kier molecular flexibility index (Phi) is 7.00. The second-order valence-corrected chi connectivity index (χ2v) is 8.72. The molecule has 3 heterocycles. The molecule has 1 aliphatic heterocycles. The van der Waals surface area contributed by atoms with Crippen LogP contribution in [0.25, 0.3) is 11.3 Å². The van der Waals surface area contributed by atoms with E-state index in [1.54, 1.807) is 24.9 Å². The van der Waals surface area contributed by atoms with Crippen LogP contribution in [0.5, 0.6) is 5.75 Å². The topological polar surface area (TPSA) is 106 Å². The third kappa shape index (κ3) is 5.70. The van der Waals surface area contributed by atoms with Gasteiger partial charge in [0.1, 0.15) is 17.3 Å². The Morgan fingerprint density at radius 3 is 2.51 bits per heavy atom. The van der Waals surface area contributed by atoms with Crippen molar-refractivity contribution in [3.8, 4) is 17.0 Å². The quantitative estimate of drug-likeness (QED) is 0.393. The lowest BCUT2D eigenvalue weighted by Crippen LogP contribution is -2.37. The number of carbonyl (C=O) groups excluding carboxylic acids is 1. The predicted molar refractivity (Wildman–Crippen MR) is 143 cm³/mol. The fourth-order valence-corrected chi connectivity index (χ4v) is 4.10. The number of benzene rings is 2. The minimum absolute atomic E-state index is 0.244. The molecule has 0 unspecified atom stereocenters. The number of aryl methyl sites for hydroxylation is 2. The van der Waals surface area contributed by atoms with E-state index in [2.05, 4.69) is 30.6 Å². The maximum absolute atomic E-state index is 13.0. The number of aromatic nitrogens is 4. The number of hydrogen-bond donors (Lipinski definition) is 2. The summed E-state index contributed by atoms with van der Waals surface area (Å²) >= 11 is 0. The molecule has 0 radical (unpaired) electrons. The Morgan fingerprint density at radius 2 is 1.76 bits per heavy atom. The van der Waals surface area contributed by atoms with Gasteiger partial charge in [0.2, 0.25) is 5.95 Å². The van der Waals surface area contributed by atoms with Crippen molar-refractivity contribution in [2.45, 2.75) is 6.92 Å². The zero-order chi connectivity index (χ0) is 25.8. The van der Waals surface area contributed by atoms with Gasteiger partial charge in [-0.1, -0.05) is 12.1 Å². The van der Waals surface area contributed by atoms with Crippen LogP contribution in [0.1, 0.15) is 16.2 Å². The van der Waals surface area contributed by atoms with Gasteiger partial charge in [0.05, 0.1) is 26.0 Å². The van der Waals surface area contributed by atoms with Crippen LogP contribution in [0.2, 0.25) is 0 Å². The van der Waals surface area contributed by atoms with Gasteiger partial charge in [0.25, 0.3) is 5.91 Å². The Bertz CT molecular complexity index is 1400. The van der Waals surface area contributed by atoms with Crippen LogP contribution < -0.4 is 20.3 Å². The van der Waals surface area contributed by atoms with E-state index in [0.717, 1.165) is 35.8 Å². The van der Waals surface area contributed by atoms with Crippen molar-refractivity contribution in [3.63, 3.8) is 0 Å². The fourth-order valence-electron chi connectivity index (χ4n) is 4.10. The van der Waals surface area contributed by atoms with Crippen molar-refractivity contribution in [1.82, 2.24) is 19.7 Å². The summed E-state index contributed by atoms with van der Waals surface area (Å²) in [6, 6.07) is 18.7. The first-order chi connectivity index (χ1) is 18.0. The molecule has 4 aromatic rings. The lowest BCUT2D eigenvalue weighted by molar-refractivity contribution is 0.101. The molecule has 2 aromatic heterocycles. The molecule has 0 saturated carbocycles. The number of nitrogens with one attached hydrogen (secondary N) is 2. The van der Waals surface area contributed by atoms with Gasteiger partial charge in [0.15, 0.2) is 0 Å². The molecule has 1 aliphatic rings. The molecule has 10 heteroatoms. The van der Waals surface area contributed by atoms with Gasteiger partial charge in [-0.2, -0.15) is 10.1 Å². The number of hydrogen-bond acceptors (Lipinski definition) is 8. The molecule has 0 spiro atoms. The number of rotatable bonds is 7. The normalized spacial score (nSPS) is 13.3. The first kappa shape index (κ1) is 24.3. The number of amides is 1. The van der Waals surface area contributed by atoms with E-state index in [9.17, 15) is 4.79 Å². The van der Waals surface area contributed by atoms with Crippen molar-refractivity contribution in [1.29, 1.82) is 0 Å². The van der Waals surface area contributed by atoms with E-state index >= 15 is 0 Å². The zero-order valence-corrected chi connectivity index (χ0v) is 21.1. The molecule has 0 atom stereocenters. The van der Waals surface area contributed by atoms with Crippen LogP contribution in [-0.4, -0.2) is 59.1 Å². The number of morpholine rings is 1. The van der Waals surface area contributed by atoms with Crippen LogP contribution in [-0.2, 0) is 11.8 Å². The molecule has 0 aliphatic carbocycles. The maximum atomic E-state index is 13.0. The van der Waals surface area contributed by atoms with E-state index < -0.39 is 0 Å². The minimum Gasteiger partial charge on any atom is -0.497 e. The molecule has 0 bridgehead atoms. The smallest absolute Gasteiger partial charge is 0.273 e. The molecule has 1 fully saturated rings. The van der Waals surface area contributed by atoms with Crippen molar-refractivity contribution in [2.24, 2.45) is 7.05 Å². The molecule has 10 nitrogen and oxygen atoms in total. The summed E-state index contributed by atoms with van der Waals surface area (Å²) in [6.45, 7) is 4.85. The summed E-state index contributed by atoms with van der Waals surface area (Å²) in [5.74, 6) is 1.90. The minimum atomic E-state index is -0.244. The standard InChI is InChI=1S/C27H29N7O3/c1-18-15-25(31-27(28-18)34-11-13-37-14-12-34)29-20-7-9-21(10-8-20)30-26(35)24-17-23(32-33(24)2)19-5-4-6-22(16-19)36-3/h4-10,15-17H,11-14H2,1-3H3,(H,30,35)(H,28,29,31). The Balaban J connectivity index is 1.26. The van der Waals surface area contributed by atoms with E-state index in [-0.39, 0.29) is 5.91 Å². The molecule has 5 rings (SSSR count). The third-order valence-electron chi connectivity index (χ3n) is 6.03. The summed E-state index contributed by atoms with van der Waals surface area (Å²) in [6.07, 6.45) is 0. The van der Waals surface area contributed by atoms with Crippen LogP contribution in [0.15, 0.2) is 60.7 Å². The monoisotopic (exact) mass is 499 g/mol. The van der Waals surface area contributed by atoms with Crippen molar-refractivity contribution in [3.05, 3.63) is 72.1 Å². The van der Waals surface area contributed by atoms with Crippen molar-refractivity contribution < 1.29 is 14.3 Å². The SMILES string of the molecule is COc1cccc(-c2cc(C(=O)Nc3ccc(Nc4cc(C)nc(N5CCOCC5)n4)cc3)n(C)n2)c1. The lowest BCUT2D eigenvalue weighted by Gasteiger charge is -2.27. The summed E-state index contributed by atoms with van der Waals surface area (Å²) in [7, 11) is 3.37. The van der Waals surface area contributed by atoms with Gasteiger partial charge in [-0.3, -0.25) is 9.48 Å². The Labute approximate surface area is 215 Å². The zero-order valence-electron chi connectivity index (χ0n) is 21.1. The molecule has 1 saturated heterocycles. The molecule has 190 valence electrons. The number of nitrogens with zero attached hydrogens (tertiary/aromatic N) is 5. The van der Waals surface area contributed by atoms with Crippen molar-refractivity contribution in [2.75, 3.05) is 48.9 Å². The highest BCUT2D eigenvalue weighted by atomic mass is 16.5. The van der Waals surface area contributed by atoms with Crippen molar-refractivity contribution >= 4 is 29.0 Å². The fraction of sp³-hybridized carbons (Fsp3) is 0.259. The summed E-state index contributed by atoms with van der Waals surface area (Å²) in [5, 5.41) is 10.8. The molecular formula is C27H29N7O3. The Morgan fingerprint density at radius 1 is 1.00 bits per heavy atom. The number of carbonyl (C=O) groups is 1. The van der Waals surface area contributed by atoms with E-state index in [1.165, 1.54) is 0 Å². The summed E-state index contributed by atoms with van der Waals surface area (Å²) in [5.41, 5.74) is 4.43. The highest BCUT2D eigenvalue weighted by molar-refractivity contribution is 6.03. The third-order valence-corrected chi connectivity index (χ3v) is 6.03. The average Bonchev–Trinajstić information content (AvgIpc) is 3.32. The van der Waals surface area contributed by atoms with Gasteiger partial charge in [0, 0.05) is 48.8 Å². The second kappa shape index (κ2) is 10.7. The molecule has 2 aromatic carbocycles. The lowest BCUT2D eigenvalue weighted by atomic mass is 10.1. The van der Waals surface area contributed by atoms with Gasteiger partial charge < -0.3 is 25.0 Å². The molecule has 1 amide bonds. The molecular weight excluding hydrogens is 470 g/mol. The predicted octanol–water partition coefficient (Wildman–Crippen LogP) is 4.03. The number of methoxy groups -OCH3 is 1. The first-order valence-electron chi connectivity index (χ1n) is 12.0. The van der Waals surface area contributed by atoms with E-state index in [0.29, 0.717) is 42.1 Å². The van der Waals surface area contributed by atoms with E-state index in [4.69, 9.17) is 9.47 Å². The second-order valence-electron chi connectivity index (χ2n) is 8.72. The summed E-state index contributed by atoms with van der Waals surface area (Å²) < 4.78 is 12.3. The van der Waals surface area contributed by atoms with Crippen LogP contribution in [0, 0.1) is 6.92 Å². The highest BCUT2D eigenvalue weighted by Crippen LogP contribution is 2.25. The summed E-state index contributed by atoms with van der Waals surface area (Å²) in [4.78, 5) is 24.3. The molecule has 2 N–H and O–H groups in total. The molecule has 37 heavy (non-hydrogen) atoms. The van der Waals surface area contributed by atoms with E-state index in [1.807, 2.05) is 61.5 Å². The number of ether oxygens (including phenoxy) is 2. The van der Waals surface area contributed by atoms with Gasteiger partial charge in [-0.15, -0.1) is 0 Å². The van der Waals surface area contributed by atoms with Gasteiger partial charge in [-0.05, 0) is 49.4 Å². The number of anilines is 4. The van der Waals surface area contributed by atoms with Gasteiger partial charge >= 0.3 is 0 Å². The first-order valence-corrected chi connectivity index (χ1v) is 12.0.